The van der Waals surface area contributed by atoms with Crippen LogP contribution >= 0.6 is 0 Å². The van der Waals surface area contributed by atoms with Crippen LogP contribution in [0.2, 0.25) is 0 Å². The fourth-order valence-corrected chi connectivity index (χ4v) is 4.10. The lowest BCUT2D eigenvalue weighted by Crippen LogP contribution is -2.36. The van der Waals surface area contributed by atoms with E-state index < -0.39 is 0 Å². The van der Waals surface area contributed by atoms with Crippen LogP contribution < -0.4 is 4.90 Å². The molecule has 1 unspecified atom stereocenters. The number of anilines is 1. The summed E-state index contributed by atoms with van der Waals surface area (Å²) in [5, 5.41) is 9.06. The van der Waals surface area contributed by atoms with Gasteiger partial charge in [0.1, 0.15) is 0 Å². The fourth-order valence-electron chi connectivity index (χ4n) is 4.10. The van der Waals surface area contributed by atoms with Crippen LogP contribution in [0.5, 0.6) is 0 Å². The van der Waals surface area contributed by atoms with E-state index in [0.29, 0.717) is 5.92 Å². The van der Waals surface area contributed by atoms with Gasteiger partial charge in [-0.15, -0.1) is 0 Å². The summed E-state index contributed by atoms with van der Waals surface area (Å²) in [5.74, 6) is 0.390. The molecule has 0 bridgehead atoms. The van der Waals surface area contributed by atoms with Crippen molar-refractivity contribution in [2.75, 3.05) is 44.8 Å². The van der Waals surface area contributed by atoms with Gasteiger partial charge in [-0.3, -0.25) is 0 Å². The Morgan fingerprint density at radius 1 is 1.04 bits per heavy atom. The van der Waals surface area contributed by atoms with Gasteiger partial charge in [-0.1, -0.05) is 18.2 Å². The highest BCUT2D eigenvalue weighted by Crippen LogP contribution is 2.35. The average Bonchev–Trinajstić information content (AvgIpc) is 2.86. The molecule has 2 aliphatic rings. The van der Waals surface area contributed by atoms with E-state index in [1.165, 1.54) is 22.4 Å². The van der Waals surface area contributed by atoms with Crippen LogP contribution in [0.25, 0.3) is 0 Å². The maximum atomic E-state index is 9.06. The SMILES string of the molecule is CN1CCC(c2ccc(C#N)cc2)c2ccc(N3CCOCC3)cc2C1. The van der Waals surface area contributed by atoms with E-state index in [1.807, 2.05) is 12.1 Å². The van der Waals surface area contributed by atoms with Gasteiger partial charge in [-0.2, -0.15) is 5.26 Å². The van der Waals surface area contributed by atoms with Gasteiger partial charge in [0.2, 0.25) is 0 Å². The van der Waals surface area contributed by atoms with Crippen molar-refractivity contribution < 1.29 is 4.74 Å². The molecule has 2 aromatic carbocycles. The lowest BCUT2D eigenvalue weighted by Gasteiger charge is -2.30. The Morgan fingerprint density at radius 2 is 1.81 bits per heavy atom. The van der Waals surface area contributed by atoms with E-state index in [1.54, 1.807) is 0 Å². The van der Waals surface area contributed by atoms with Gasteiger partial charge < -0.3 is 14.5 Å². The fraction of sp³-hybridized carbons (Fsp3) is 0.409. The molecule has 0 spiro atoms. The van der Waals surface area contributed by atoms with Gasteiger partial charge in [0.25, 0.3) is 0 Å². The van der Waals surface area contributed by atoms with Crippen LogP contribution in [0.3, 0.4) is 0 Å². The molecule has 0 saturated carbocycles. The molecule has 1 fully saturated rings. The Labute approximate surface area is 155 Å². The van der Waals surface area contributed by atoms with E-state index >= 15 is 0 Å². The van der Waals surface area contributed by atoms with Crippen LogP contribution in [-0.2, 0) is 11.3 Å². The second-order valence-corrected chi connectivity index (χ2v) is 7.30. The normalized spacial score (nSPS) is 20.9. The van der Waals surface area contributed by atoms with Crippen molar-refractivity contribution in [2.24, 2.45) is 0 Å². The van der Waals surface area contributed by atoms with Gasteiger partial charge >= 0.3 is 0 Å². The zero-order chi connectivity index (χ0) is 17.9. The summed E-state index contributed by atoms with van der Waals surface area (Å²) in [5.41, 5.74) is 6.18. The number of hydrogen-bond acceptors (Lipinski definition) is 4. The summed E-state index contributed by atoms with van der Waals surface area (Å²) in [4.78, 5) is 4.83. The number of nitrogens with zero attached hydrogens (tertiary/aromatic N) is 3. The Kier molecular flexibility index (Phi) is 4.92. The van der Waals surface area contributed by atoms with Crippen molar-refractivity contribution in [2.45, 2.75) is 18.9 Å². The zero-order valence-corrected chi connectivity index (χ0v) is 15.3. The molecule has 0 amide bonds. The van der Waals surface area contributed by atoms with E-state index in [4.69, 9.17) is 10.00 Å². The minimum atomic E-state index is 0.390. The van der Waals surface area contributed by atoms with Crippen molar-refractivity contribution >= 4 is 5.69 Å². The summed E-state index contributed by atoms with van der Waals surface area (Å²) >= 11 is 0. The second kappa shape index (κ2) is 7.49. The molecular formula is C22H25N3O. The van der Waals surface area contributed by atoms with E-state index in [9.17, 15) is 0 Å². The summed E-state index contributed by atoms with van der Waals surface area (Å²) < 4.78 is 5.49. The molecule has 0 N–H and O–H groups in total. The Hall–Kier alpha value is -2.35. The molecule has 2 aromatic rings. The Bertz CT molecular complexity index is 803. The van der Waals surface area contributed by atoms with Gasteiger partial charge in [-0.25, -0.2) is 0 Å². The van der Waals surface area contributed by atoms with Gasteiger partial charge in [-0.05, 0) is 61.0 Å². The molecular weight excluding hydrogens is 322 g/mol. The molecule has 4 nitrogen and oxygen atoms in total. The zero-order valence-electron chi connectivity index (χ0n) is 15.3. The number of ether oxygens (including phenoxy) is 1. The molecule has 1 atom stereocenters. The monoisotopic (exact) mass is 347 g/mol. The molecule has 1 saturated heterocycles. The van der Waals surface area contributed by atoms with Crippen LogP contribution in [0.1, 0.15) is 34.6 Å². The maximum Gasteiger partial charge on any atom is 0.0991 e. The quantitative estimate of drug-likeness (QED) is 0.835. The standard InChI is InChI=1S/C22H25N3O/c1-24-9-8-22(18-4-2-17(15-23)3-5-18)21-7-6-20(14-19(21)16-24)25-10-12-26-13-11-25/h2-7,14,22H,8-13,16H2,1H3. The summed E-state index contributed by atoms with van der Waals surface area (Å²) in [6, 6.07) is 17.3. The van der Waals surface area contributed by atoms with Gasteiger partial charge in [0.05, 0.1) is 24.8 Å². The van der Waals surface area contributed by atoms with E-state index in [2.05, 4.69) is 53.2 Å². The van der Waals surface area contributed by atoms with Crippen molar-refractivity contribution in [3.63, 3.8) is 0 Å². The molecule has 4 rings (SSSR count). The first-order chi connectivity index (χ1) is 12.7. The predicted octanol–water partition coefficient (Wildman–Crippen LogP) is 3.36. The van der Waals surface area contributed by atoms with Crippen LogP contribution in [0.4, 0.5) is 5.69 Å². The third-order valence-electron chi connectivity index (χ3n) is 5.56. The molecule has 2 heterocycles. The highest BCUT2D eigenvalue weighted by atomic mass is 16.5. The second-order valence-electron chi connectivity index (χ2n) is 7.30. The van der Waals surface area contributed by atoms with Crippen molar-refractivity contribution in [1.82, 2.24) is 4.90 Å². The number of morpholine rings is 1. The van der Waals surface area contributed by atoms with Crippen LogP contribution in [0, 0.1) is 11.3 Å². The van der Waals surface area contributed by atoms with Crippen molar-refractivity contribution in [1.29, 1.82) is 5.26 Å². The van der Waals surface area contributed by atoms with E-state index in [0.717, 1.165) is 51.4 Å². The third kappa shape index (κ3) is 3.46. The summed E-state index contributed by atoms with van der Waals surface area (Å²) in [6.45, 7) is 5.61. The molecule has 4 heteroatoms. The number of nitriles is 1. The first kappa shape index (κ1) is 17.1. The van der Waals surface area contributed by atoms with Gasteiger partial charge in [0.15, 0.2) is 0 Å². The number of rotatable bonds is 2. The van der Waals surface area contributed by atoms with E-state index in [-0.39, 0.29) is 0 Å². The van der Waals surface area contributed by atoms with Crippen molar-refractivity contribution in [3.8, 4) is 6.07 Å². The third-order valence-corrected chi connectivity index (χ3v) is 5.56. The first-order valence-electron chi connectivity index (χ1n) is 9.39. The smallest absolute Gasteiger partial charge is 0.0991 e. The molecule has 26 heavy (non-hydrogen) atoms. The highest BCUT2D eigenvalue weighted by Gasteiger charge is 2.23. The lowest BCUT2D eigenvalue weighted by molar-refractivity contribution is 0.122. The molecule has 0 aromatic heterocycles. The Morgan fingerprint density at radius 3 is 2.54 bits per heavy atom. The lowest BCUT2D eigenvalue weighted by atomic mass is 9.86. The van der Waals surface area contributed by atoms with Crippen molar-refractivity contribution in [3.05, 3.63) is 64.7 Å². The highest BCUT2D eigenvalue weighted by molar-refractivity contribution is 5.54. The number of fused-ring (bicyclic) bond motifs is 1. The van der Waals surface area contributed by atoms with Gasteiger partial charge in [0, 0.05) is 31.2 Å². The predicted molar refractivity (Wildman–Crippen MR) is 103 cm³/mol. The minimum absolute atomic E-state index is 0.390. The first-order valence-corrected chi connectivity index (χ1v) is 9.39. The van der Waals surface area contributed by atoms with Crippen LogP contribution in [0.15, 0.2) is 42.5 Å². The minimum Gasteiger partial charge on any atom is -0.378 e. The topological polar surface area (TPSA) is 39.5 Å². The largest absolute Gasteiger partial charge is 0.378 e. The number of benzene rings is 2. The summed E-state index contributed by atoms with van der Waals surface area (Å²) in [7, 11) is 2.20. The molecule has 2 aliphatic heterocycles. The molecule has 134 valence electrons. The summed E-state index contributed by atoms with van der Waals surface area (Å²) in [6.07, 6.45) is 1.10. The number of hydrogen-bond donors (Lipinski definition) is 0. The maximum absolute atomic E-state index is 9.06. The van der Waals surface area contributed by atoms with Crippen LogP contribution in [-0.4, -0.2) is 44.8 Å². The average molecular weight is 347 g/mol. The molecule has 0 aliphatic carbocycles. The molecule has 0 radical (unpaired) electrons. The Balaban J connectivity index is 1.69.